The number of hydrogen-bond acceptors (Lipinski definition) is 4. The molecule has 0 amide bonds. The number of hydrogen-bond donors (Lipinski definition) is 1. The van der Waals surface area contributed by atoms with Crippen LogP contribution in [0.15, 0.2) is 47.6 Å². The third-order valence-corrected chi connectivity index (χ3v) is 5.52. The summed E-state index contributed by atoms with van der Waals surface area (Å²) < 4.78 is 11.6. The zero-order chi connectivity index (χ0) is 20.6. The van der Waals surface area contributed by atoms with E-state index >= 15 is 0 Å². The lowest BCUT2D eigenvalue weighted by molar-refractivity contribution is -0.896. The van der Waals surface area contributed by atoms with Crippen molar-refractivity contribution in [2.75, 3.05) is 33.4 Å². The maximum Gasteiger partial charge on any atom is 0.129 e. The monoisotopic (exact) mass is 432 g/mol. The molecule has 30 heavy (non-hydrogen) atoms. The molecular weight excluding hydrogens is 400 g/mol. The number of ether oxygens (including phenoxy) is 2. The molecule has 0 aliphatic carbocycles. The molecule has 0 radical (unpaired) electrons. The predicted molar refractivity (Wildman–Crippen MR) is 116 cm³/mol. The Labute approximate surface area is 186 Å². The molecule has 1 N–H and O–H groups in total. The fourth-order valence-electron chi connectivity index (χ4n) is 3.65. The normalized spacial score (nSPS) is 16.6. The van der Waals surface area contributed by atoms with Crippen LogP contribution in [0.1, 0.15) is 49.5 Å². The fourth-order valence-corrected chi connectivity index (χ4v) is 3.65. The number of nitrogens with zero attached hydrogens (tertiary/aromatic N) is 1. The molecule has 2 aromatic rings. The first-order valence-electron chi connectivity index (χ1n) is 10.6. The SMILES string of the molecule is CC[NH+](CC)CCCO/N=C1\CC(c2ccc(OC)cc2)Oc2cc(C)ccc21.[Cl-]. The second-order valence-electron chi connectivity index (χ2n) is 7.52. The van der Waals surface area contributed by atoms with E-state index in [0.29, 0.717) is 13.0 Å². The molecule has 1 aliphatic heterocycles. The summed E-state index contributed by atoms with van der Waals surface area (Å²) in [6, 6.07) is 14.3. The average molecular weight is 433 g/mol. The van der Waals surface area contributed by atoms with E-state index in [1.54, 1.807) is 12.0 Å². The van der Waals surface area contributed by atoms with E-state index in [1.807, 2.05) is 12.1 Å². The number of fused-ring (bicyclic) bond motifs is 1. The lowest BCUT2D eigenvalue weighted by atomic mass is 9.95. The first-order valence-corrected chi connectivity index (χ1v) is 10.6. The van der Waals surface area contributed by atoms with Gasteiger partial charge in [0.15, 0.2) is 0 Å². The molecular formula is C24H33ClN2O3. The number of aryl methyl sites for hydroxylation is 1. The number of methoxy groups -OCH3 is 1. The van der Waals surface area contributed by atoms with Gasteiger partial charge in [-0.25, -0.2) is 0 Å². The van der Waals surface area contributed by atoms with E-state index in [9.17, 15) is 0 Å². The van der Waals surface area contributed by atoms with Crippen molar-refractivity contribution < 1.29 is 31.6 Å². The Morgan fingerprint density at radius 2 is 1.83 bits per heavy atom. The van der Waals surface area contributed by atoms with Crippen LogP contribution in [0.5, 0.6) is 11.5 Å². The van der Waals surface area contributed by atoms with Gasteiger partial charge in [0.1, 0.15) is 24.2 Å². The summed E-state index contributed by atoms with van der Waals surface area (Å²) in [7, 11) is 1.68. The van der Waals surface area contributed by atoms with Crippen LogP contribution in [0.4, 0.5) is 0 Å². The summed E-state index contributed by atoms with van der Waals surface area (Å²) in [5.74, 6) is 1.71. The van der Waals surface area contributed by atoms with Crippen LogP contribution in [0.2, 0.25) is 0 Å². The van der Waals surface area contributed by atoms with Gasteiger partial charge in [-0.15, -0.1) is 0 Å². The standard InChI is InChI=1S/C24H32N2O3.ClH/c1-5-26(6-2)14-7-15-28-25-22-17-23(19-9-11-20(27-4)12-10-19)29-24-16-18(3)8-13-21(22)24;/h8-13,16,23H,5-7,14-15,17H2,1-4H3;1H/b25-22+;. The average Bonchev–Trinajstić information content (AvgIpc) is 2.75. The molecule has 164 valence electrons. The van der Waals surface area contributed by atoms with Gasteiger partial charge in [0.05, 0.1) is 32.5 Å². The van der Waals surface area contributed by atoms with Crippen LogP contribution in [0.25, 0.3) is 0 Å². The largest absolute Gasteiger partial charge is 1.00 e. The molecule has 3 rings (SSSR count). The van der Waals surface area contributed by atoms with Crippen molar-refractivity contribution in [3.63, 3.8) is 0 Å². The molecule has 1 atom stereocenters. The number of nitrogens with one attached hydrogen (secondary N) is 1. The summed E-state index contributed by atoms with van der Waals surface area (Å²) in [4.78, 5) is 7.31. The van der Waals surface area contributed by atoms with Crippen molar-refractivity contribution in [3.8, 4) is 11.5 Å². The van der Waals surface area contributed by atoms with E-state index in [-0.39, 0.29) is 18.5 Å². The van der Waals surface area contributed by atoms with Gasteiger partial charge < -0.3 is 31.6 Å². The van der Waals surface area contributed by atoms with Gasteiger partial charge in [-0.1, -0.05) is 23.4 Å². The highest BCUT2D eigenvalue weighted by Gasteiger charge is 2.27. The highest BCUT2D eigenvalue weighted by molar-refractivity contribution is 6.03. The van der Waals surface area contributed by atoms with Gasteiger partial charge in [-0.2, -0.15) is 0 Å². The highest BCUT2D eigenvalue weighted by atomic mass is 35.5. The minimum atomic E-state index is -0.0855. The summed E-state index contributed by atoms with van der Waals surface area (Å²) in [5.41, 5.74) is 4.24. The number of quaternary nitrogens is 1. The highest BCUT2D eigenvalue weighted by Crippen LogP contribution is 2.36. The Bertz CT molecular complexity index is 820. The second kappa shape index (κ2) is 11.8. The summed E-state index contributed by atoms with van der Waals surface area (Å²) in [5, 5.41) is 4.51. The third kappa shape index (κ3) is 6.13. The Hall–Kier alpha value is -2.24. The molecule has 1 heterocycles. The van der Waals surface area contributed by atoms with Gasteiger partial charge in [-0.3, -0.25) is 0 Å². The predicted octanol–water partition coefficient (Wildman–Crippen LogP) is 0.567. The molecule has 2 aromatic carbocycles. The molecule has 0 saturated carbocycles. The van der Waals surface area contributed by atoms with E-state index in [1.165, 1.54) is 5.56 Å². The van der Waals surface area contributed by atoms with E-state index in [0.717, 1.165) is 54.4 Å². The Morgan fingerprint density at radius 1 is 1.10 bits per heavy atom. The van der Waals surface area contributed by atoms with Gasteiger partial charge >= 0.3 is 0 Å². The van der Waals surface area contributed by atoms with Crippen LogP contribution in [0, 0.1) is 6.92 Å². The molecule has 6 heteroatoms. The minimum Gasteiger partial charge on any atom is -1.00 e. The molecule has 1 aliphatic rings. The first kappa shape index (κ1) is 24.0. The number of oxime groups is 1. The van der Waals surface area contributed by atoms with Crippen molar-refractivity contribution in [2.45, 2.75) is 39.7 Å². The Balaban J connectivity index is 0.00000320. The van der Waals surface area contributed by atoms with Gasteiger partial charge in [-0.05, 0) is 56.2 Å². The lowest BCUT2D eigenvalue weighted by Crippen LogP contribution is -3.11. The zero-order valence-corrected chi connectivity index (χ0v) is 19.2. The van der Waals surface area contributed by atoms with Crippen LogP contribution in [-0.2, 0) is 4.84 Å². The smallest absolute Gasteiger partial charge is 0.129 e. The van der Waals surface area contributed by atoms with Gasteiger partial charge in [0, 0.05) is 18.4 Å². The maximum atomic E-state index is 6.31. The molecule has 5 nitrogen and oxygen atoms in total. The van der Waals surface area contributed by atoms with Crippen LogP contribution >= 0.6 is 0 Å². The first-order chi connectivity index (χ1) is 14.1. The van der Waals surface area contributed by atoms with Crippen LogP contribution in [0.3, 0.4) is 0 Å². The fraction of sp³-hybridized carbons (Fsp3) is 0.458. The maximum absolute atomic E-state index is 6.31. The Kier molecular flexibility index (Phi) is 9.47. The molecule has 0 spiro atoms. The zero-order valence-electron chi connectivity index (χ0n) is 18.4. The van der Waals surface area contributed by atoms with Crippen molar-refractivity contribution in [3.05, 3.63) is 59.2 Å². The quantitative estimate of drug-likeness (QED) is 0.465. The number of benzene rings is 2. The topological polar surface area (TPSA) is 44.5 Å². The summed E-state index contributed by atoms with van der Waals surface area (Å²) in [6.45, 7) is 10.6. The third-order valence-electron chi connectivity index (χ3n) is 5.52. The number of rotatable bonds is 9. The van der Waals surface area contributed by atoms with E-state index in [4.69, 9.17) is 14.3 Å². The Morgan fingerprint density at radius 3 is 2.50 bits per heavy atom. The molecule has 1 unspecified atom stereocenters. The molecule has 0 aromatic heterocycles. The summed E-state index contributed by atoms with van der Waals surface area (Å²) in [6.07, 6.45) is 1.61. The van der Waals surface area contributed by atoms with Crippen molar-refractivity contribution in [2.24, 2.45) is 5.16 Å². The minimum absolute atomic E-state index is 0. The van der Waals surface area contributed by atoms with Crippen LogP contribution < -0.4 is 26.8 Å². The number of halogens is 1. The van der Waals surface area contributed by atoms with E-state index < -0.39 is 0 Å². The molecule has 0 bridgehead atoms. The molecule has 0 fully saturated rings. The summed E-state index contributed by atoms with van der Waals surface area (Å²) >= 11 is 0. The van der Waals surface area contributed by atoms with Crippen molar-refractivity contribution >= 4 is 5.71 Å². The second-order valence-corrected chi connectivity index (χ2v) is 7.52. The van der Waals surface area contributed by atoms with Crippen LogP contribution in [-0.4, -0.2) is 39.1 Å². The van der Waals surface area contributed by atoms with Crippen molar-refractivity contribution in [1.29, 1.82) is 0 Å². The van der Waals surface area contributed by atoms with Gasteiger partial charge in [0.2, 0.25) is 0 Å². The van der Waals surface area contributed by atoms with E-state index in [2.05, 4.69) is 56.3 Å². The lowest BCUT2D eigenvalue weighted by Gasteiger charge is -2.27. The van der Waals surface area contributed by atoms with Crippen molar-refractivity contribution in [1.82, 2.24) is 0 Å². The van der Waals surface area contributed by atoms with Gasteiger partial charge in [0.25, 0.3) is 0 Å². The molecule has 0 saturated heterocycles.